The first-order valence-corrected chi connectivity index (χ1v) is 6.39. The maximum Gasteiger partial charge on any atom is 0.167 e. The zero-order valence-electron chi connectivity index (χ0n) is 12.0. The monoisotopic (exact) mass is 249 g/mol. The molecule has 0 amide bonds. The molecule has 1 N–H and O–H groups in total. The molecule has 3 heteroatoms. The van der Waals surface area contributed by atoms with E-state index in [9.17, 15) is 4.79 Å². The lowest BCUT2D eigenvalue weighted by molar-refractivity contribution is 0.0916. The molecule has 0 spiro atoms. The summed E-state index contributed by atoms with van der Waals surface area (Å²) in [7, 11) is 3.53. The maximum absolute atomic E-state index is 12.4. The molecule has 18 heavy (non-hydrogen) atoms. The first kappa shape index (κ1) is 14.7. The fourth-order valence-electron chi connectivity index (χ4n) is 2.32. The molecular weight excluding hydrogens is 226 g/mol. The molecule has 0 aromatic heterocycles. The predicted octanol–water partition coefficient (Wildman–Crippen LogP) is 2.74. The van der Waals surface area contributed by atoms with Gasteiger partial charge in [-0.1, -0.05) is 6.92 Å². The number of nitrogens with one attached hydrogen (secondary N) is 1. The minimum Gasteiger partial charge on any atom is -0.496 e. The summed E-state index contributed by atoms with van der Waals surface area (Å²) < 4.78 is 5.32. The molecule has 1 aromatic rings. The molecule has 0 aliphatic heterocycles. The third-order valence-electron chi connectivity index (χ3n) is 3.26. The Bertz CT molecular complexity index is 403. The maximum atomic E-state index is 12.4. The van der Waals surface area contributed by atoms with Crippen LogP contribution >= 0.6 is 0 Å². The van der Waals surface area contributed by atoms with Crippen molar-refractivity contribution in [3.05, 3.63) is 28.8 Å². The normalized spacial score (nSPS) is 12.3. The smallest absolute Gasteiger partial charge is 0.167 e. The number of carbonyl (C=O) groups is 1. The lowest BCUT2D eigenvalue weighted by Gasteiger charge is -2.15. The van der Waals surface area contributed by atoms with Gasteiger partial charge in [-0.25, -0.2) is 0 Å². The van der Waals surface area contributed by atoms with Crippen LogP contribution in [-0.4, -0.2) is 26.5 Å². The van der Waals surface area contributed by atoms with E-state index in [1.165, 1.54) is 0 Å². The van der Waals surface area contributed by atoms with Crippen LogP contribution in [0.3, 0.4) is 0 Å². The number of benzene rings is 1. The molecule has 0 saturated heterocycles. The number of ketones is 1. The largest absolute Gasteiger partial charge is 0.496 e. The fraction of sp³-hybridized carbons (Fsp3) is 0.533. The van der Waals surface area contributed by atoms with E-state index in [0.29, 0.717) is 0 Å². The van der Waals surface area contributed by atoms with E-state index >= 15 is 0 Å². The van der Waals surface area contributed by atoms with Crippen molar-refractivity contribution in [2.24, 2.45) is 5.92 Å². The summed E-state index contributed by atoms with van der Waals surface area (Å²) in [6.07, 6.45) is 0.851. The third-order valence-corrected chi connectivity index (χ3v) is 3.26. The molecule has 1 unspecified atom stereocenters. The number of aryl methyl sites for hydroxylation is 2. The quantitative estimate of drug-likeness (QED) is 0.788. The molecule has 100 valence electrons. The van der Waals surface area contributed by atoms with Crippen LogP contribution in [0.4, 0.5) is 0 Å². The number of carbonyl (C=O) groups excluding carboxylic acids is 1. The summed E-state index contributed by atoms with van der Waals surface area (Å²) >= 11 is 0. The SMILES string of the molecule is CCC(CNC)C(=O)c1cc(C)c(OC)c(C)c1. The molecule has 0 radical (unpaired) electrons. The van der Waals surface area contributed by atoms with Gasteiger partial charge in [0.2, 0.25) is 0 Å². The van der Waals surface area contributed by atoms with E-state index in [-0.39, 0.29) is 11.7 Å². The first-order valence-electron chi connectivity index (χ1n) is 6.39. The molecule has 3 nitrogen and oxygen atoms in total. The Morgan fingerprint density at radius 1 is 1.33 bits per heavy atom. The second-order valence-corrected chi connectivity index (χ2v) is 4.67. The van der Waals surface area contributed by atoms with Gasteiger partial charge in [0.25, 0.3) is 0 Å². The lowest BCUT2D eigenvalue weighted by Crippen LogP contribution is -2.26. The van der Waals surface area contributed by atoms with Crippen LogP contribution in [0.5, 0.6) is 5.75 Å². The fourth-order valence-corrected chi connectivity index (χ4v) is 2.32. The third kappa shape index (κ3) is 3.10. The minimum absolute atomic E-state index is 0.0437. The zero-order chi connectivity index (χ0) is 13.7. The topological polar surface area (TPSA) is 38.3 Å². The van der Waals surface area contributed by atoms with Gasteiger partial charge in [-0.15, -0.1) is 0 Å². The van der Waals surface area contributed by atoms with Gasteiger partial charge in [0.15, 0.2) is 5.78 Å². The Kier molecular flexibility index (Phi) is 5.35. The van der Waals surface area contributed by atoms with Crippen molar-refractivity contribution in [2.75, 3.05) is 20.7 Å². The van der Waals surface area contributed by atoms with Crippen molar-refractivity contribution in [1.29, 1.82) is 0 Å². The van der Waals surface area contributed by atoms with E-state index in [1.54, 1.807) is 7.11 Å². The van der Waals surface area contributed by atoms with Gasteiger partial charge < -0.3 is 10.1 Å². The Balaban J connectivity index is 3.06. The van der Waals surface area contributed by atoms with E-state index in [0.717, 1.165) is 35.4 Å². The van der Waals surface area contributed by atoms with Gasteiger partial charge in [0.1, 0.15) is 5.75 Å². The van der Waals surface area contributed by atoms with Crippen molar-refractivity contribution >= 4 is 5.78 Å². The number of hydrogen-bond donors (Lipinski definition) is 1. The summed E-state index contributed by atoms with van der Waals surface area (Å²) in [5, 5.41) is 3.08. The lowest BCUT2D eigenvalue weighted by atomic mass is 9.93. The van der Waals surface area contributed by atoms with Gasteiger partial charge in [0, 0.05) is 18.0 Å². The summed E-state index contributed by atoms with van der Waals surface area (Å²) in [5.74, 6) is 1.12. The summed E-state index contributed by atoms with van der Waals surface area (Å²) in [6.45, 7) is 6.71. The van der Waals surface area contributed by atoms with E-state index < -0.39 is 0 Å². The Hall–Kier alpha value is -1.35. The van der Waals surface area contributed by atoms with Crippen LogP contribution in [0.1, 0.15) is 34.8 Å². The summed E-state index contributed by atoms with van der Waals surface area (Å²) in [4.78, 5) is 12.4. The second-order valence-electron chi connectivity index (χ2n) is 4.67. The molecular formula is C15H23NO2. The van der Waals surface area contributed by atoms with E-state index in [4.69, 9.17) is 4.74 Å². The Morgan fingerprint density at radius 2 is 1.89 bits per heavy atom. The molecule has 1 rings (SSSR count). The number of Topliss-reactive ketones (excluding diaryl/α,β-unsaturated/α-hetero) is 1. The van der Waals surface area contributed by atoms with Gasteiger partial charge >= 0.3 is 0 Å². The molecule has 0 bridgehead atoms. The molecule has 0 heterocycles. The summed E-state index contributed by atoms with van der Waals surface area (Å²) in [6, 6.07) is 3.85. The first-order chi connectivity index (χ1) is 8.54. The molecule has 0 fully saturated rings. The summed E-state index contributed by atoms with van der Waals surface area (Å²) in [5.41, 5.74) is 2.81. The van der Waals surface area contributed by atoms with Crippen molar-refractivity contribution in [3.63, 3.8) is 0 Å². The zero-order valence-corrected chi connectivity index (χ0v) is 12.0. The van der Waals surface area contributed by atoms with Crippen LogP contribution in [0.15, 0.2) is 12.1 Å². The number of rotatable bonds is 6. The van der Waals surface area contributed by atoms with Crippen LogP contribution < -0.4 is 10.1 Å². The van der Waals surface area contributed by atoms with Gasteiger partial charge in [0.05, 0.1) is 7.11 Å². The van der Waals surface area contributed by atoms with Crippen molar-refractivity contribution in [3.8, 4) is 5.75 Å². The highest BCUT2D eigenvalue weighted by Crippen LogP contribution is 2.25. The van der Waals surface area contributed by atoms with Crippen LogP contribution in [0, 0.1) is 19.8 Å². The molecule has 1 aromatic carbocycles. The number of ether oxygens (including phenoxy) is 1. The molecule has 1 atom stereocenters. The minimum atomic E-state index is 0.0437. The Morgan fingerprint density at radius 3 is 2.28 bits per heavy atom. The highest BCUT2D eigenvalue weighted by Gasteiger charge is 2.19. The Labute approximate surface area is 110 Å². The highest BCUT2D eigenvalue weighted by atomic mass is 16.5. The number of hydrogen-bond acceptors (Lipinski definition) is 3. The predicted molar refractivity (Wildman–Crippen MR) is 74.5 cm³/mol. The molecule has 0 aliphatic rings. The number of methoxy groups -OCH3 is 1. The van der Waals surface area contributed by atoms with Gasteiger partial charge in [-0.2, -0.15) is 0 Å². The average Bonchev–Trinajstić information content (AvgIpc) is 2.34. The van der Waals surface area contributed by atoms with Crippen molar-refractivity contribution in [2.45, 2.75) is 27.2 Å². The van der Waals surface area contributed by atoms with E-state index in [1.807, 2.05) is 40.0 Å². The molecule has 0 aliphatic carbocycles. The van der Waals surface area contributed by atoms with Gasteiger partial charge in [-0.05, 0) is 50.6 Å². The van der Waals surface area contributed by atoms with Crippen LogP contribution in [0.25, 0.3) is 0 Å². The van der Waals surface area contributed by atoms with Crippen LogP contribution in [0.2, 0.25) is 0 Å². The average molecular weight is 249 g/mol. The highest BCUT2D eigenvalue weighted by molar-refractivity contribution is 5.98. The molecule has 0 saturated carbocycles. The van der Waals surface area contributed by atoms with Crippen molar-refractivity contribution < 1.29 is 9.53 Å². The standard InChI is InChI=1S/C15H23NO2/c1-6-12(9-16-4)14(17)13-7-10(2)15(18-5)11(3)8-13/h7-8,12,16H,6,9H2,1-5H3. The van der Waals surface area contributed by atoms with E-state index in [2.05, 4.69) is 5.32 Å². The second kappa shape index (κ2) is 6.55. The van der Waals surface area contributed by atoms with Crippen LogP contribution in [-0.2, 0) is 0 Å². The van der Waals surface area contributed by atoms with Crippen molar-refractivity contribution in [1.82, 2.24) is 5.32 Å². The van der Waals surface area contributed by atoms with Gasteiger partial charge in [-0.3, -0.25) is 4.79 Å².